The zero-order chi connectivity index (χ0) is 19.5. The summed E-state index contributed by atoms with van der Waals surface area (Å²) in [5, 5.41) is 9.00. The Labute approximate surface area is 154 Å². The Morgan fingerprint density at radius 3 is 2.12 bits per heavy atom. The van der Waals surface area contributed by atoms with E-state index >= 15 is 0 Å². The number of hydrogen-bond acceptors (Lipinski definition) is 5. The summed E-state index contributed by atoms with van der Waals surface area (Å²) >= 11 is 0. The second-order valence-electron chi connectivity index (χ2n) is 8.00. The van der Waals surface area contributed by atoms with Crippen LogP contribution in [0.4, 0.5) is 5.69 Å². The van der Waals surface area contributed by atoms with E-state index in [-0.39, 0.29) is 17.1 Å². The molecule has 1 aliphatic heterocycles. The van der Waals surface area contributed by atoms with E-state index in [4.69, 9.17) is 9.47 Å². The molecule has 3 N–H and O–H groups in total. The quantitative estimate of drug-likeness (QED) is 0.713. The molecule has 0 unspecified atom stereocenters. The molecular weight excluding hydrogens is 334 g/mol. The summed E-state index contributed by atoms with van der Waals surface area (Å²) in [5.41, 5.74) is 0.243. The Balaban J connectivity index is 2.01. The van der Waals surface area contributed by atoms with E-state index in [9.17, 15) is 9.59 Å². The average molecular weight is 363 g/mol. The molecule has 0 radical (unpaired) electrons. The van der Waals surface area contributed by atoms with Gasteiger partial charge in [0, 0.05) is 28.9 Å². The lowest BCUT2D eigenvalue weighted by Gasteiger charge is -2.46. The monoisotopic (exact) mass is 363 g/mol. The van der Waals surface area contributed by atoms with Crippen molar-refractivity contribution in [3.63, 3.8) is 0 Å². The highest BCUT2D eigenvalue weighted by atomic mass is 16.5. The van der Waals surface area contributed by atoms with Crippen molar-refractivity contribution >= 4 is 17.5 Å². The first-order valence-corrected chi connectivity index (χ1v) is 8.68. The number of anilines is 1. The molecule has 2 amide bonds. The molecular formula is C19H29N3O4. The lowest BCUT2D eigenvalue weighted by molar-refractivity contribution is -0.137. The first-order chi connectivity index (χ1) is 12.0. The maximum Gasteiger partial charge on any atom is 0.313 e. The van der Waals surface area contributed by atoms with Gasteiger partial charge in [0.2, 0.25) is 0 Å². The number of carbonyl (C=O) groups excluding carboxylic acids is 2. The number of ether oxygens (including phenoxy) is 2. The van der Waals surface area contributed by atoms with E-state index in [0.717, 1.165) is 12.8 Å². The van der Waals surface area contributed by atoms with Crippen LogP contribution >= 0.6 is 0 Å². The van der Waals surface area contributed by atoms with Crippen LogP contribution in [-0.4, -0.2) is 43.2 Å². The maximum atomic E-state index is 12.3. The van der Waals surface area contributed by atoms with E-state index in [2.05, 4.69) is 43.6 Å². The Morgan fingerprint density at radius 1 is 1.00 bits per heavy atom. The Kier molecular flexibility index (Phi) is 5.81. The molecule has 2 rings (SSSR count). The third-order valence-corrected chi connectivity index (χ3v) is 4.37. The van der Waals surface area contributed by atoms with Crippen LogP contribution in [0.1, 0.15) is 40.5 Å². The normalized spacial score (nSPS) is 18.7. The number of piperidine rings is 1. The lowest BCUT2D eigenvalue weighted by Crippen LogP contribution is -2.62. The SMILES string of the molecule is COc1ccc(NC(=O)C(=O)NC2CC(C)(C)NC(C)(C)C2)cc1OC. The summed E-state index contributed by atoms with van der Waals surface area (Å²) in [7, 11) is 3.04. The van der Waals surface area contributed by atoms with Crippen LogP contribution in [0.5, 0.6) is 11.5 Å². The number of methoxy groups -OCH3 is 2. The minimum atomic E-state index is -0.702. The standard InChI is InChI=1S/C19H29N3O4/c1-18(2)10-13(11-19(3,4)22-18)21-17(24)16(23)20-12-7-8-14(25-5)15(9-12)26-6/h7-9,13,22H,10-11H2,1-6H3,(H,20,23)(H,21,24). The zero-order valence-electron chi connectivity index (χ0n) is 16.4. The molecule has 1 fully saturated rings. The van der Waals surface area contributed by atoms with Crippen molar-refractivity contribution in [2.24, 2.45) is 0 Å². The highest BCUT2D eigenvalue weighted by Crippen LogP contribution is 2.30. The van der Waals surface area contributed by atoms with Gasteiger partial charge in [0.05, 0.1) is 14.2 Å². The Bertz CT molecular complexity index is 669. The fraction of sp³-hybridized carbons (Fsp3) is 0.579. The predicted octanol–water partition coefficient (Wildman–Crippen LogP) is 2.07. The molecule has 1 aromatic rings. The summed E-state index contributed by atoms with van der Waals surface area (Å²) in [5.74, 6) is -0.314. The Morgan fingerprint density at radius 2 is 1.58 bits per heavy atom. The molecule has 0 aliphatic carbocycles. The molecule has 1 aliphatic rings. The summed E-state index contributed by atoms with van der Waals surface area (Å²) in [6, 6.07) is 4.87. The third-order valence-electron chi connectivity index (χ3n) is 4.37. The lowest BCUT2D eigenvalue weighted by atomic mass is 9.79. The fourth-order valence-electron chi connectivity index (χ4n) is 3.78. The van der Waals surface area contributed by atoms with Crippen molar-refractivity contribution in [3.05, 3.63) is 18.2 Å². The zero-order valence-corrected chi connectivity index (χ0v) is 16.4. The number of carbonyl (C=O) groups is 2. The summed E-state index contributed by atoms with van der Waals surface area (Å²) in [6.07, 6.45) is 1.51. The molecule has 0 spiro atoms. The van der Waals surface area contributed by atoms with Crippen LogP contribution in [0, 0.1) is 0 Å². The van der Waals surface area contributed by atoms with Gasteiger partial charge in [0.15, 0.2) is 11.5 Å². The van der Waals surface area contributed by atoms with Crippen LogP contribution in [-0.2, 0) is 9.59 Å². The number of hydrogen-bond donors (Lipinski definition) is 3. The third kappa shape index (κ3) is 5.11. The first kappa shape index (κ1) is 20.0. The van der Waals surface area contributed by atoms with Gasteiger partial charge in [0.25, 0.3) is 0 Å². The molecule has 0 saturated carbocycles. The van der Waals surface area contributed by atoms with Gasteiger partial charge in [0.1, 0.15) is 0 Å². The van der Waals surface area contributed by atoms with Crippen LogP contribution in [0.3, 0.4) is 0 Å². The predicted molar refractivity (Wildman–Crippen MR) is 101 cm³/mol. The van der Waals surface area contributed by atoms with Crippen molar-refractivity contribution in [1.82, 2.24) is 10.6 Å². The van der Waals surface area contributed by atoms with Gasteiger partial charge in [-0.2, -0.15) is 0 Å². The minimum absolute atomic E-state index is 0.0649. The van der Waals surface area contributed by atoms with Crippen molar-refractivity contribution < 1.29 is 19.1 Å². The minimum Gasteiger partial charge on any atom is -0.493 e. The molecule has 1 aromatic carbocycles. The molecule has 26 heavy (non-hydrogen) atoms. The van der Waals surface area contributed by atoms with Crippen LogP contribution in [0.15, 0.2) is 18.2 Å². The number of rotatable bonds is 4. The number of benzene rings is 1. The molecule has 7 heteroatoms. The van der Waals surface area contributed by atoms with Crippen molar-refractivity contribution in [1.29, 1.82) is 0 Å². The summed E-state index contributed by atoms with van der Waals surface area (Å²) in [4.78, 5) is 24.6. The van der Waals surface area contributed by atoms with Crippen molar-refractivity contribution in [2.45, 2.75) is 57.7 Å². The van der Waals surface area contributed by atoms with Gasteiger partial charge in [-0.3, -0.25) is 9.59 Å². The van der Waals surface area contributed by atoms with Crippen molar-refractivity contribution in [3.8, 4) is 11.5 Å². The van der Waals surface area contributed by atoms with Gasteiger partial charge in [-0.25, -0.2) is 0 Å². The summed E-state index contributed by atoms with van der Waals surface area (Å²) in [6.45, 7) is 8.38. The molecule has 1 heterocycles. The van der Waals surface area contributed by atoms with Crippen molar-refractivity contribution in [2.75, 3.05) is 19.5 Å². The molecule has 0 aromatic heterocycles. The molecule has 7 nitrogen and oxygen atoms in total. The second-order valence-corrected chi connectivity index (χ2v) is 8.00. The Hall–Kier alpha value is -2.28. The molecule has 0 bridgehead atoms. The van der Waals surface area contributed by atoms with E-state index in [1.807, 2.05) is 0 Å². The molecule has 1 saturated heterocycles. The van der Waals surface area contributed by atoms with Gasteiger partial charge < -0.3 is 25.4 Å². The van der Waals surface area contributed by atoms with Gasteiger partial charge in [-0.05, 0) is 52.7 Å². The van der Waals surface area contributed by atoms with Crippen LogP contribution in [0.2, 0.25) is 0 Å². The van der Waals surface area contributed by atoms with E-state index in [1.54, 1.807) is 18.2 Å². The highest BCUT2D eigenvalue weighted by molar-refractivity contribution is 6.39. The molecule has 144 valence electrons. The highest BCUT2D eigenvalue weighted by Gasteiger charge is 2.38. The van der Waals surface area contributed by atoms with Crippen LogP contribution < -0.4 is 25.4 Å². The fourth-order valence-corrected chi connectivity index (χ4v) is 3.78. The maximum absolute atomic E-state index is 12.3. The van der Waals surface area contributed by atoms with Gasteiger partial charge in [-0.15, -0.1) is 0 Å². The topological polar surface area (TPSA) is 88.7 Å². The largest absolute Gasteiger partial charge is 0.493 e. The van der Waals surface area contributed by atoms with Crippen LogP contribution in [0.25, 0.3) is 0 Å². The van der Waals surface area contributed by atoms with Gasteiger partial charge >= 0.3 is 11.8 Å². The second kappa shape index (κ2) is 7.53. The smallest absolute Gasteiger partial charge is 0.313 e. The average Bonchev–Trinajstić information content (AvgIpc) is 2.51. The first-order valence-electron chi connectivity index (χ1n) is 8.68. The van der Waals surface area contributed by atoms with E-state index < -0.39 is 11.8 Å². The number of amides is 2. The molecule has 0 atom stereocenters. The van der Waals surface area contributed by atoms with E-state index in [1.165, 1.54) is 14.2 Å². The van der Waals surface area contributed by atoms with Gasteiger partial charge in [-0.1, -0.05) is 0 Å². The summed E-state index contributed by atoms with van der Waals surface area (Å²) < 4.78 is 10.4. The number of nitrogens with one attached hydrogen (secondary N) is 3. The van der Waals surface area contributed by atoms with E-state index in [0.29, 0.717) is 17.2 Å².